The second-order valence-corrected chi connectivity index (χ2v) is 8.96. The number of para-hydroxylation sites is 1. The van der Waals surface area contributed by atoms with Crippen LogP contribution < -0.4 is 25.0 Å². The van der Waals surface area contributed by atoms with E-state index in [1.165, 1.54) is 31.4 Å². The number of ether oxygens (including phenoxy) is 2. The Balaban J connectivity index is 1.54. The first-order chi connectivity index (χ1) is 18.2. The van der Waals surface area contributed by atoms with Crippen LogP contribution in [0.4, 0.5) is 16.2 Å². The van der Waals surface area contributed by atoms with Crippen molar-refractivity contribution >= 4 is 64.4 Å². The maximum atomic E-state index is 13.2. The predicted octanol–water partition coefficient (Wildman–Crippen LogP) is 4.99. The van der Waals surface area contributed by atoms with Gasteiger partial charge >= 0.3 is 6.03 Å². The summed E-state index contributed by atoms with van der Waals surface area (Å²) in [6.07, 6.45) is 1.33. The van der Waals surface area contributed by atoms with Gasteiger partial charge in [0, 0.05) is 5.02 Å². The molecule has 1 aliphatic rings. The van der Waals surface area contributed by atoms with Crippen molar-refractivity contribution in [2.75, 3.05) is 23.9 Å². The Bertz CT molecular complexity index is 1490. The molecule has 0 radical (unpaired) electrons. The number of methoxy groups -OCH3 is 1. The molecule has 2 N–H and O–H groups in total. The van der Waals surface area contributed by atoms with Crippen molar-refractivity contribution in [3.05, 3.63) is 87.4 Å². The minimum absolute atomic E-state index is 0.257. The average molecular weight is 554 g/mol. The van der Waals surface area contributed by atoms with Gasteiger partial charge in [0.25, 0.3) is 17.7 Å². The van der Waals surface area contributed by atoms with Crippen LogP contribution in [0.5, 0.6) is 11.5 Å². The number of hydrogen-bond donors (Lipinski definition) is 2. The number of halogens is 2. The lowest BCUT2D eigenvalue weighted by Crippen LogP contribution is -2.54. The van der Waals surface area contributed by atoms with Crippen LogP contribution in [-0.2, 0) is 14.4 Å². The highest BCUT2D eigenvalue weighted by atomic mass is 35.5. The lowest BCUT2D eigenvalue weighted by atomic mass is 10.1. The SMILES string of the molecule is COc1cc(/C=C2\C(=O)NC(=O)N(c3cc(Cl)ccc3C)C2=O)ccc1OCC(=O)Nc1ccccc1Cl. The van der Waals surface area contributed by atoms with E-state index in [4.69, 9.17) is 32.7 Å². The van der Waals surface area contributed by atoms with Crippen LogP contribution in [0.1, 0.15) is 11.1 Å². The van der Waals surface area contributed by atoms with Crippen LogP contribution >= 0.6 is 23.2 Å². The normalized spacial score (nSPS) is 14.4. The van der Waals surface area contributed by atoms with Crippen molar-refractivity contribution in [3.8, 4) is 11.5 Å². The number of carbonyl (C=O) groups excluding carboxylic acids is 4. The van der Waals surface area contributed by atoms with Gasteiger partial charge in [-0.3, -0.25) is 19.7 Å². The van der Waals surface area contributed by atoms with Crippen LogP contribution in [-0.4, -0.2) is 37.5 Å². The van der Waals surface area contributed by atoms with E-state index in [1.807, 2.05) is 0 Å². The number of nitrogens with zero attached hydrogens (tertiary/aromatic N) is 1. The minimum Gasteiger partial charge on any atom is -0.493 e. The van der Waals surface area contributed by atoms with Crippen molar-refractivity contribution in [3.63, 3.8) is 0 Å². The van der Waals surface area contributed by atoms with Gasteiger partial charge in [-0.15, -0.1) is 0 Å². The van der Waals surface area contributed by atoms with Gasteiger partial charge in [0.15, 0.2) is 18.1 Å². The van der Waals surface area contributed by atoms with E-state index in [0.717, 1.165) is 4.90 Å². The number of anilines is 2. The van der Waals surface area contributed by atoms with Crippen LogP contribution in [0.25, 0.3) is 6.08 Å². The van der Waals surface area contributed by atoms with Crippen LogP contribution in [0.2, 0.25) is 10.0 Å². The number of imide groups is 2. The fourth-order valence-corrected chi connectivity index (χ4v) is 4.00. The third kappa shape index (κ3) is 5.80. The van der Waals surface area contributed by atoms with E-state index in [1.54, 1.807) is 49.4 Å². The van der Waals surface area contributed by atoms with Crippen molar-refractivity contribution in [1.82, 2.24) is 5.32 Å². The second kappa shape index (κ2) is 11.4. The molecular formula is C27H21Cl2N3O6. The zero-order valence-corrected chi connectivity index (χ0v) is 21.7. The maximum Gasteiger partial charge on any atom is 0.335 e. The summed E-state index contributed by atoms with van der Waals surface area (Å²) in [4.78, 5) is 51.4. The number of urea groups is 1. The Hall–Kier alpha value is -4.34. The molecule has 1 heterocycles. The first-order valence-corrected chi connectivity index (χ1v) is 12.0. The molecule has 9 nitrogen and oxygen atoms in total. The Morgan fingerprint density at radius 1 is 1.03 bits per heavy atom. The van der Waals surface area contributed by atoms with Gasteiger partial charge in [0.1, 0.15) is 5.57 Å². The summed E-state index contributed by atoms with van der Waals surface area (Å²) >= 11 is 12.1. The minimum atomic E-state index is -0.876. The Morgan fingerprint density at radius 2 is 1.79 bits per heavy atom. The summed E-state index contributed by atoms with van der Waals surface area (Å²) in [7, 11) is 1.41. The third-order valence-corrected chi connectivity index (χ3v) is 6.08. The van der Waals surface area contributed by atoms with Gasteiger partial charge in [-0.1, -0.05) is 47.5 Å². The Labute approximate surface area is 227 Å². The molecule has 0 bridgehead atoms. The molecule has 5 amide bonds. The van der Waals surface area contributed by atoms with Crippen LogP contribution in [0, 0.1) is 6.92 Å². The molecule has 11 heteroatoms. The Kier molecular flexibility index (Phi) is 7.99. The van der Waals surface area contributed by atoms with Gasteiger partial charge in [0.05, 0.1) is 23.5 Å². The summed E-state index contributed by atoms with van der Waals surface area (Å²) in [6.45, 7) is 1.39. The molecule has 1 saturated heterocycles. The number of benzene rings is 3. The molecule has 1 fully saturated rings. The molecule has 3 aromatic carbocycles. The molecule has 0 spiro atoms. The van der Waals surface area contributed by atoms with E-state index in [2.05, 4.69) is 10.6 Å². The van der Waals surface area contributed by atoms with Gasteiger partial charge in [-0.25, -0.2) is 9.69 Å². The highest BCUT2D eigenvalue weighted by molar-refractivity contribution is 6.39. The molecule has 3 aromatic rings. The third-order valence-electron chi connectivity index (χ3n) is 5.52. The highest BCUT2D eigenvalue weighted by Gasteiger charge is 2.37. The van der Waals surface area contributed by atoms with Crippen LogP contribution in [0.3, 0.4) is 0 Å². The zero-order valence-electron chi connectivity index (χ0n) is 20.2. The highest BCUT2D eigenvalue weighted by Crippen LogP contribution is 2.31. The molecule has 0 aliphatic carbocycles. The number of amides is 5. The molecule has 4 rings (SSSR count). The standard InChI is InChI=1S/C27H21Cl2N3O6/c1-15-7-9-17(28)13-21(15)32-26(35)18(25(34)31-27(32)36)11-16-8-10-22(23(12-16)37-2)38-14-24(33)30-20-6-4-3-5-19(20)29/h3-13H,14H2,1-2H3,(H,30,33)(H,31,34,36)/b18-11+. The fraction of sp³-hybridized carbons (Fsp3) is 0.111. The quantitative estimate of drug-likeness (QED) is 0.314. The van der Waals surface area contributed by atoms with Crippen LogP contribution in [0.15, 0.2) is 66.2 Å². The van der Waals surface area contributed by atoms with E-state index in [-0.39, 0.29) is 29.4 Å². The first-order valence-electron chi connectivity index (χ1n) is 11.2. The Morgan fingerprint density at radius 3 is 2.53 bits per heavy atom. The zero-order chi connectivity index (χ0) is 27.4. The maximum absolute atomic E-state index is 13.2. The molecule has 0 atom stereocenters. The largest absolute Gasteiger partial charge is 0.493 e. The molecule has 0 unspecified atom stereocenters. The average Bonchev–Trinajstić information content (AvgIpc) is 2.88. The molecule has 38 heavy (non-hydrogen) atoms. The number of hydrogen-bond acceptors (Lipinski definition) is 6. The number of aryl methyl sites for hydroxylation is 1. The molecular weight excluding hydrogens is 533 g/mol. The van der Waals surface area contributed by atoms with E-state index < -0.39 is 23.8 Å². The number of rotatable bonds is 7. The van der Waals surface area contributed by atoms with Crippen molar-refractivity contribution < 1.29 is 28.7 Å². The predicted molar refractivity (Wildman–Crippen MR) is 144 cm³/mol. The monoisotopic (exact) mass is 553 g/mol. The van der Waals surface area contributed by atoms with E-state index >= 15 is 0 Å². The first kappa shape index (κ1) is 26.7. The van der Waals surface area contributed by atoms with Crippen molar-refractivity contribution in [2.45, 2.75) is 6.92 Å². The van der Waals surface area contributed by atoms with Crippen molar-refractivity contribution in [1.29, 1.82) is 0 Å². The fourth-order valence-electron chi connectivity index (χ4n) is 3.65. The molecule has 194 valence electrons. The van der Waals surface area contributed by atoms with E-state index in [0.29, 0.717) is 26.9 Å². The summed E-state index contributed by atoms with van der Waals surface area (Å²) in [5.41, 5.74) is 1.49. The van der Waals surface area contributed by atoms with Gasteiger partial charge in [-0.2, -0.15) is 0 Å². The molecule has 1 aliphatic heterocycles. The smallest absolute Gasteiger partial charge is 0.335 e. The summed E-state index contributed by atoms with van der Waals surface area (Å²) in [5, 5.41) is 5.55. The number of barbiturate groups is 1. The number of carbonyl (C=O) groups is 4. The lowest BCUT2D eigenvalue weighted by molar-refractivity contribution is -0.122. The second-order valence-electron chi connectivity index (χ2n) is 8.12. The molecule has 0 aromatic heterocycles. The van der Waals surface area contributed by atoms with Gasteiger partial charge in [-0.05, 0) is 60.5 Å². The summed E-state index contributed by atoms with van der Waals surface area (Å²) < 4.78 is 11.0. The summed E-state index contributed by atoms with van der Waals surface area (Å²) in [6, 6.07) is 15.3. The van der Waals surface area contributed by atoms with Gasteiger partial charge in [0.2, 0.25) is 0 Å². The lowest BCUT2D eigenvalue weighted by Gasteiger charge is -2.27. The van der Waals surface area contributed by atoms with Gasteiger partial charge < -0.3 is 14.8 Å². The van der Waals surface area contributed by atoms with E-state index in [9.17, 15) is 19.2 Å². The number of nitrogens with one attached hydrogen (secondary N) is 2. The topological polar surface area (TPSA) is 114 Å². The summed E-state index contributed by atoms with van der Waals surface area (Å²) in [5.74, 6) is -1.56. The molecule has 0 saturated carbocycles. The van der Waals surface area contributed by atoms with Crippen molar-refractivity contribution in [2.24, 2.45) is 0 Å².